The van der Waals surface area contributed by atoms with Gasteiger partial charge in [-0.25, -0.2) is 0 Å². The molecule has 5 nitrogen and oxygen atoms in total. The molecular weight excluding hydrogens is 402 g/mol. The first-order valence-corrected chi connectivity index (χ1v) is 13.4. The Morgan fingerprint density at radius 1 is 0.750 bits per heavy atom. The van der Waals surface area contributed by atoms with Gasteiger partial charge in [-0.2, -0.15) is 0 Å². The van der Waals surface area contributed by atoms with Crippen molar-refractivity contribution in [1.82, 2.24) is 0 Å². The highest BCUT2D eigenvalue weighted by molar-refractivity contribution is 5.74. The second-order valence-corrected chi connectivity index (χ2v) is 10.5. The van der Waals surface area contributed by atoms with E-state index in [1.807, 2.05) is 28.1 Å². The molecule has 0 aliphatic rings. The van der Waals surface area contributed by atoms with E-state index in [9.17, 15) is 9.59 Å². The van der Waals surface area contributed by atoms with E-state index in [0.29, 0.717) is 17.6 Å². The maximum absolute atomic E-state index is 12.4. The van der Waals surface area contributed by atoms with Gasteiger partial charge in [-0.15, -0.1) is 0 Å². The molecule has 1 unspecified atom stereocenters. The summed E-state index contributed by atoms with van der Waals surface area (Å²) in [5.41, 5.74) is 0. The lowest BCUT2D eigenvalue weighted by Gasteiger charge is -2.29. The Morgan fingerprint density at radius 3 is 1.75 bits per heavy atom. The maximum atomic E-state index is 12.4. The van der Waals surface area contributed by atoms with Crippen molar-refractivity contribution in [3.63, 3.8) is 0 Å². The summed E-state index contributed by atoms with van der Waals surface area (Å²) in [6, 6.07) is 0. The summed E-state index contributed by atoms with van der Waals surface area (Å²) >= 11 is 0. The van der Waals surface area contributed by atoms with E-state index in [4.69, 9.17) is 9.47 Å². The average molecular weight is 457 g/mol. The van der Waals surface area contributed by atoms with Gasteiger partial charge in [0.1, 0.15) is 6.54 Å². The van der Waals surface area contributed by atoms with Crippen molar-refractivity contribution in [2.24, 2.45) is 5.92 Å². The van der Waals surface area contributed by atoms with Crippen LogP contribution < -0.4 is 0 Å². The van der Waals surface area contributed by atoms with E-state index in [0.717, 1.165) is 32.1 Å². The minimum Gasteiger partial charge on any atom is -0.466 e. The maximum Gasteiger partial charge on any atom is 0.309 e. The van der Waals surface area contributed by atoms with E-state index in [1.54, 1.807) is 0 Å². The Balaban J connectivity index is 4.05. The van der Waals surface area contributed by atoms with Crippen molar-refractivity contribution >= 4 is 11.9 Å². The van der Waals surface area contributed by atoms with Crippen LogP contribution in [0, 0.1) is 5.92 Å². The van der Waals surface area contributed by atoms with Gasteiger partial charge in [0.2, 0.25) is 0 Å². The first-order chi connectivity index (χ1) is 15.2. The molecule has 0 heterocycles. The van der Waals surface area contributed by atoms with Crippen molar-refractivity contribution in [3.05, 3.63) is 0 Å². The topological polar surface area (TPSA) is 52.6 Å². The predicted molar refractivity (Wildman–Crippen MR) is 134 cm³/mol. The Morgan fingerprint density at radius 2 is 1.25 bits per heavy atom. The molecule has 0 radical (unpaired) electrons. The Hall–Kier alpha value is -1.10. The zero-order chi connectivity index (χ0) is 24.2. The minimum absolute atomic E-state index is 0.128. The highest BCUT2D eigenvalue weighted by atomic mass is 16.6. The average Bonchev–Trinajstić information content (AvgIpc) is 2.71. The smallest absolute Gasteiger partial charge is 0.309 e. The van der Waals surface area contributed by atoms with Gasteiger partial charge >= 0.3 is 11.9 Å². The van der Waals surface area contributed by atoms with Gasteiger partial charge in [0.15, 0.2) is 6.10 Å². The van der Waals surface area contributed by atoms with Crippen LogP contribution >= 0.6 is 0 Å². The van der Waals surface area contributed by atoms with Crippen molar-refractivity contribution in [2.45, 2.75) is 123 Å². The molecule has 5 heteroatoms. The van der Waals surface area contributed by atoms with Crippen LogP contribution in [0.4, 0.5) is 0 Å². The van der Waals surface area contributed by atoms with Gasteiger partial charge in [-0.1, -0.05) is 97.8 Å². The first-order valence-electron chi connectivity index (χ1n) is 13.4. The number of rotatable bonds is 21. The number of esters is 2. The van der Waals surface area contributed by atoms with Crippen LogP contribution in [0.5, 0.6) is 0 Å². The van der Waals surface area contributed by atoms with Crippen LogP contribution in [-0.2, 0) is 19.1 Å². The van der Waals surface area contributed by atoms with Gasteiger partial charge in [0, 0.05) is 0 Å². The lowest BCUT2D eigenvalue weighted by molar-refractivity contribution is -0.873. The first kappa shape index (κ1) is 30.9. The molecule has 0 aromatic carbocycles. The molecule has 0 spiro atoms. The van der Waals surface area contributed by atoms with E-state index < -0.39 is 6.10 Å². The van der Waals surface area contributed by atoms with Crippen LogP contribution in [-0.4, -0.2) is 56.8 Å². The van der Waals surface area contributed by atoms with Crippen molar-refractivity contribution < 1.29 is 23.5 Å². The molecule has 32 heavy (non-hydrogen) atoms. The van der Waals surface area contributed by atoms with E-state index in [-0.39, 0.29) is 24.3 Å². The summed E-state index contributed by atoms with van der Waals surface area (Å²) in [7, 11) is 6.12. The highest BCUT2D eigenvalue weighted by Gasteiger charge is 2.27. The van der Waals surface area contributed by atoms with Gasteiger partial charge in [-0.3, -0.25) is 9.59 Å². The third kappa shape index (κ3) is 19.6. The molecule has 0 fully saturated rings. The molecule has 0 saturated carbocycles. The van der Waals surface area contributed by atoms with E-state index in [2.05, 4.69) is 13.8 Å². The SMILES string of the molecule is CCCCCCCCCCCCCOC(=O)C[C@H](C[N+](C)(C)C)OC(=O)C(C)CCCC. The fourth-order valence-corrected chi connectivity index (χ4v) is 3.86. The van der Waals surface area contributed by atoms with Crippen LogP contribution in [0.1, 0.15) is 117 Å². The van der Waals surface area contributed by atoms with Gasteiger partial charge in [0.25, 0.3) is 0 Å². The van der Waals surface area contributed by atoms with E-state index >= 15 is 0 Å². The third-order valence-electron chi connectivity index (χ3n) is 5.83. The summed E-state index contributed by atoms with van der Waals surface area (Å²) in [6.07, 6.45) is 16.6. The number of hydrogen-bond donors (Lipinski definition) is 0. The molecule has 0 bridgehead atoms. The molecule has 190 valence electrons. The lowest BCUT2D eigenvalue weighted by atomic mass is 10.0. The predicted octanol–water partition coefficient (Wildman–Crippen LogP) is 6.68. The number of likely N-dealkylation sites (N-methyl/N-ethyl adjacent to an activating group) is 1. The molecule has 0 N–H and O–H groups in total. The number of quaternary nitrogens is 1. The largest absolute Gasteiger partial charge is 0.466 e. The Bertz CT molecular complexity index is 473. The Kier molecular flexibility index (Phi) is 18.7. The highest BCUT2D eigenvalue weighted by Crippen LogP contribution is 2.15. The molecule has 2 atom stereocenters. The molecule has 0 aliphatic heterocycles. The van der Waals surface area contributed by atoms with Crippen LogP contribution in [0.25, 0.3) is 0 Å². The molecule has 0 rings (SSSR count). The molecule has 0 aromatic heterocycles. The summed E-state index contributed by atoms with van der Waals surface area (Å²) < 4.78 is 11.8. The second kappa shape index (κ2) is 19.4. The summed E-state index contributed by atoms with van der Waals surface area (Å²) in [4.78, 5) is 24.7. The number of unbranched alkanes of at least 4 members (excludes halogenated alkanes) is 11. The molecule has 0 saturated heterocycles. The Labute approximate surface area is 199 Å². The van der Waals surface area contributed by atoms with E-state index in [1.165, 1.54) is 57.8 Å². The van der Waals surface area contributed by atoms with Crippen molar-refractivity contribution in [1.29, 1.82) is 0 Å². The number of carbonyl (C=O) groups excluding carboxylic acids is 2. The van der Waals surface area contributed by atoms with Crippen LogP contribution in [0.15, 0.2) is 0 Å². The molecule has 0 amide bonds. The lowest BCUT2D eigenvalue weighted by Crippen LogP contribution is -2.44. The monoisotopic (exact) mass is 456 g/mol. The summed E-state index contributed by atoms with van der Waals surface area (Å²) in [5.74, 6) is -0.586. The molecular formula is C27H54NO4+. The standard InChI is InChI=1S/C27H54NO4/c1-7-9-11-12-13-14-15-16-17-18-19-21-31-26(29)22-25(23-28(4,5)6)32-27(30)24(3)20-10-8-2/h24-25H,7-23H2,1-6H3/q+1/t24?,25-/m1/s1. The van der Waals surface area contributed by atoms with Gasteiger partial charge < -0.3 is 14.0 Å². The zero-order valence-corrected chi connectivity index (χ0v) is 22.3. The molecule has 0 aromatic rings. The molecule has 0 aliphatic carbocycles. The fourth-order valence-electron chi connectivity index (χ4n) is 3.86. The van der Waals surface area contributed by atoms with Crippen molar-refractivity contribution in [3.8, 4) is 0 Å². The van der Waals surface area contributed by atoms with Gasteiger partial charge in [-0.05, 0) is 12.8 Å². The normalized spacial score (nSPS) is 13.6. The minimum atomic E-state index is -0.434. The van der Waals surface area contributed by atoms with Crippen molar-refractivity contribution in [2.75, 3.05) is 34.3 Å². The quantitative estimate of drug-likeness (QED) is 0.110. The summed E-state index contributed by atoms with van der Waals surface area (Å²) in [5, 5.41) is 0. The number of carbonyl (C=O) groups is 2. The second-order valence-electron chi connectivity index (χ2n) is 10.5. The fraction of sp³-hybridized carbons (Fsp3) is 0.926. The number of hydrogen-bond acceptors (Lipinski definition) is 4. The number of ether oxygens (including phenoxy) is 2. The van der Waals surface area contributed by atoms with Crippen LogP contribution in [0.3, 0.4) is 0 Å². The third-order valence-corrected chi connectivity index (χ3v) is 5.83. The summed E-state index contributed by atoms with van der Waals surface area (Å²) in [6.45, 7) is 7.34. The number of nitrogens with zero attached hydrogens (tertiary/aromatic N) is 1. The van der Waals surface area contributed by atoms with Crippen LogP contribution in [0.2, 0.25) is 0 Å². The van der Waals surface area contributed by atoms with Gasteiger partial charge in [0.05, 0.1) is 40.1 Å². The zero-order valence-electron chi connectivity index (χ0n) is 22.3.